The van der Waals surface area contributed by atoms with E-state index in [1.165, 1.54) is 35.1 Å². The average Bonchev–Trinajstić information content (AvgIpc) is 2.98. The molecule has 0 saturated carbocycles. The number of fused-ring (bicyclic) bond motifs is 1. The number of nitrogens with one attached hydrogen (secondary N) is 1. The molecule has 1 aliphatic rings. The molecule has 1 amide bonds. The van der Waals surface area contributed by atoms with Crippen LogP contribution in [0.4, 0.5) is 5.00 Å². The molecule has 0 atom stereocenters. The summed E-state index contributed by atoms with van der Waals surface area (Å²) >= 11 is 8.79. The van der Waals surface area contributed by atoms with Gasteiger partial charge in [-0.2, -0.15) is 0 Å². The molecular formula is C18H18ClNO3S2. The van der Waals surface area contributed by atoms with Gasteiger partial charge in [0.1, 0.15) is 5.00 Å². The van der Waals surface area contributed by atoms with Crippen molar-refractivity contribution in [2.75, 3.05) is 18.2 Å². The summed E-state index contributed by atoms with van der Waals surface area (Å²) < 4.78 is 4.92. The van der Waals surface area contributed by atoms with E-state index in [1.54, 1.807) is 12.1 Å². The molecule has 132 valence electrons. The van der Waals surface area contributed by atoms with Gasteiger partial charge in [0.15, 0.2) is 0 Å². The third-order valence-electron chi connectivity index (χ3n) is 4.00. The smallest absolute Gasteiger partial charge is 0.341 e. The van der Waals surface area contributed by atoms with E-state index >= 15 is 0 Å². The molecule has 0 fully saturated rings. The molecule has 0 aliphatic heterocycles. The maximum absolute atomic E-state index is 12.3. The van der Waals surface area contributed by atoms with Gasteiger partial charge in [0.25, 0.3) is 0 Å². The highest BCUT2D eigenvalue weighted by Crippen LogP contribution is 2.38. The van der Waals surface area contributed by atoms with Gasteiger partial charge in [0.2, 0.25) is 5.91 Å². The third-order valence-corrected chi connectivity index (χ3v) is 6.47. The standard InChI is InChI=1S/C18H18ClNO3S2/c1-23-18(22)16-13-4-2-3-5-14(13)25-17(16)20-15(21)10-24-12-8-6-11(19)7-9-12/h6-9H,2-5,10H2,1H3,(H,20,21). The van der Waals surface area contributed by atoms with E-state index in [0.717, 1.165) is 36.1 Å². The molecule has 0 unspecified atom stereocenters. The Kier molecular flexibility index (Phi) is 6.04. The van der Waals surface area contributed by atoms with Crippen molar-refractivity contribution >= 4 is 51.6 Å². The monoisotopic (exact) mass is 395 g/mol. The van der Waals surface area contributed by atoms with Crippen molar-refractivity contribution < 1.29 is 14.3 Å². The Morgan fingerprint density at radius 3 is 2.68 bits per heavy atom. The Labute approximate surface area is 159 Å². The first-order valence-corrected chi connectivity index (χ1v) is 10.2. The molecule has 25 heavy (non-hydrogen) atoms. The number of aryl methyl sites for hydroxylation is 1. The van der Waals surface area contributed by atoms with Gasteiger partial charge in [-0.05, 0) is 55.5 Å². The van der Waals surface area contributed by atoms with Gasteiger partial charge < -0.3 is 10.1 Å². The van der Waals surface area contributed by atoms with Crippen molar-refractivity contribution in [3.63, 3.8) is 0 Å². The number of esters is 1. The minimum Gasteiger partial charge on any atom is -0.465 e. The second-order valence-corrected chi connectivity index (χ2v) is 8.29. The van der Waals surface area contributed by atoms with Crippen LogP contribution >= 0.6 is 34.7 Å². The van der Waals surface area contributed by atoms with Crippen LogP contribution in [0.5, 0.6) is 0 Å². The Morgan fingerprint density at radius 2 is 1.96 bits per heavy atom. The summed E-state index contributed by atoms with van der Waals surface area (Å²) in [4.78, 5) is 26.7. The van der Waals surface area contributed by atoms with Crippen molar-refractivity contribution in [2.45, 2.75) is 30.6 Å². The number of thiophene rings is 1. The molecule has 3 rings (SSSR count). The lowest BCUT2D eigenvalue weighted by atomic mass is 9.95. The van der Waals surface area contributed by atoms with E-state index in [-0.39, 0.29) is 17.6 Å². The van der Waals surface area contributed by atoms with Gasteiger partial charge in [-0.25, -0.2) is 4.79 Å². The van der Waals surface area contributed by atoms with E-state index < -0.39 is 0 Å². The summed E-state index contributed by atoms with van der Waals surface area (Å²) in [6.07, 6.45) is 4.01. The average molecular weight is 396 g/mol. The number of benzene rings is 1. The summed E-state index contributed by atoms with van der Waals surface area (Å²) in [5, 5.41) is 4.18. The normalized spacial score (nSPS) is 13.2. The van der Waals surface area contributed by atoms with Crippen molar-refractivity contribution in [1.82, 2.24) is 0 Å². The first-order valence-electron chi connectivity index (χ1n) is 7.99. The molecule has 7 heteroatoms. The summed E-state index contributed by atoms with van der Waals surface area (Å²) in [5.41, 5.74) is 1.58. The van der Waals surface area contributed by atoms with Gasteiger partial charge in [-0.3, -0.25) is 4.79 Å². The highest BCUT2D eigenvalue weighted by atomic mass is 35.5. The lowest BCUT2D eigenvalue weighted by molar-refractivity contribution is -0.113. The number of anilines is 1. The van der Waals surface area contributed by atoms with E-state index in [1.807, 2.05) is 12.1 Å². The zero-order chi connectivity index (χ0) is 17.8. The zero-order valence-corrected chi connectivity index (χ0v) is 16.2. The van der Waals surface area contributed by atoms with Gasteiger partial charge in [-0.15, -0.1) is 23.1 Å². The predicted molar refractivity (Wildman–Crippen MR) is 103 cm³/mol. The molecule has 1 heterocycles. The molecule has 4 nitrogen and oxygen atoms in total. The minimum absolute atomic E-state index is 0.135. The van der Waals surface area contributed by atoms with Gasteiger partial charge in [0.05, 0.1) is 18.4 Å². The van der Waals surface area contributed by atoms with Crippen LogP contribution in [0.25, 0.3) is 0 Å². The summed E-state index contributed by atoms with van der Waals surface area (Å²) in [5.74, 6) is -0.242. The molecule has 1 aliphatic carbocycles. The quantitative estimate of drug-likeness (QED) is 0.583. The van der Waals surface area contributed by atoms with Crippen LogP contribution in [0, 0.1) is 0 Å². The van der Waals surface area contributed by atoms with Crippen LogP contribution in [0.1, 0.15) is 33.6 Å². The largest absolute Gasteiger partial charge is 0.465 e. The molecule has 0 spiro atoms. The van der Waals surface area contributed by atoms with Crippen LogP contribution in [0.2, 0.25) is 5.02 Å². The maximum atomic E-state index is 12.3. The number of amides is 1. The summed E-state index contributed by atoms with van der Waals surface area (Å²) in [6, 6.07) is 7.35. The second-order valence-electron chi connectivity index (χ2n) is 5.70. The molecule has 1 N–H and O–H groups in total. The fraction of sp³-hybridized carbons (Fsp3) is 0.333. The fourth-order valence-electron chi connectivity index (χ4n) is 2.81. The first kappa shape index (κ1) is 18.3. The number of thioether (sulfide) groups is 1. The molecule has 1 aromatic heterocycles. The highest BCUT2D eigenvalue weighted by molar-refractivity contribution is 8.00. The first-order chi connectivity index (χ1) is 12.1. The topological polar surface area (TPSA) is 55.4 Å². The number of carbonyl (C=O) groups is 2. The van der Waals surface area contributed by atoms with Crippen LogP contribution in [0.3, 0.4) is 0 Å². The van der Waals surface area contributed by atoms with Gasteiger partial charge in [-0.1, -0.05) is 11.6 Å². The number of carbonyl (C=O) groups excluding carboxylic acids is 2. The van der Waals surface area contributed by atoms with Crippen LogP contribution < -0.4 is 5.32 Å². The molecule has 0 radical (unpaired) electrons. The van der Waals surface area contributed by atoms with Crippen molar-refractivity contribution in [1.29, 1.82) is 0 Å². The fourth-order valence-corrected chi connectivity index (χ4v) is 4.93. The number of hydrogen-bond acceptors (Lipinski definition) is 5. The second kappa shape index (κ2) is 8.25. The van der Waals surface area contributed by atoms with Crippen LogP contribution in [-0.4, -0.2) is 24.7 Å². The predicted octanol–water partition coefficient (Wildman–Crippen LogP) is 4.80. The number of ether oxygens (including phenoxy) is 1. The van der Waals surface area contributed by atoms with Crippen LogP contribution in [0.15, 0.2) is 29.2 Å². The summed E-state index contributed by atoms with van der Waals surface area (Å²) in [7, 11) is 1.37. The SMILES string of the molecule is COC(=O)c1c(NC(=O)CSc2ccc(Cl)cc2)sc2c1CCCC2. The summed E-state index contributed by atoms with van der Waals surface area (Å²) in [6.45, 7) is 0. The minimum atomic E-state index is -0.375. The van der Waals surface area contributed by atoms with Crippen molar-refractivity contribution in [3.8, 4) is 0 Å². The molecule has 2 aromatic rings. The van der Waals surface area contributed by atoms with Gasteiger partial charge in [0, 0.05) is 14.8 Å². The Morgan fingerprint density at radius 1 is 1.24 bits per heavy atom. The Hall–Kier alpha value is -1.50. The lowest BCUT2D eigenvalue weighted by Crippen LogP contribution is -2.16. The molecule has 0 bridgehead atoms. The van der Waals surface area contributed by atoms with E-state index in [9.17, 15) is 9.59 Å². The van der Waals surface area contributed by atoms with E-state index in [2.05, 4.69) is 5.32 Å². The molecule has 0 saturated heterocycles. The number of hydrogen-bond donors (Lipinski definition) is 1. The zero-order valence-electron chi connectivity index (χ0n) is 13.8. The molecule has 1 aromatic carbocycles. The lowest BCUT2D eigenvalue weighted by Gasteiger charge is -2.11. The third kappa shape index (κ3) is 4.37. The maximum Gasteiger partial charge on any atom is 0.341 e. The van der Waals surface area contributed by atoms with E-state index in [4.69, 9.17) is 16.3 Å². The van der Waals surface area contributed by atoms with Crippen molar-refractivity contribution in [3.05, 3.63) is 45.3 Å². The van der Waals surface area contributed by atoms with Crippen molar-refractivity contribution in [2.24, 2.45) is 0 Å². The van der Waals surface area contributed by atoms with Crippen LogP contribution in [-0.2, 0) is 22.4 Å². The molecular weight excluding hydrogens is 378 g/mol. The number of methoxy groups -OCH3 is 1. The Bertz CT molecular complexity index is 786. The van der Waals surface area contributed by atoms with E-state index in [0.29, 0.717) is 15.6 Å². The highest BCUT2D eigenvalue weighted by Gasteiger charge is 2.26. The number of halogens is 1. The Balaban J connectivity index is 1.71. The van der Waals surface area contributed by atoms with Gasteiger partial charge >= 0.3 is 5.97 Å². The number of rotatable bonds is 5.